The normalized spacial score (nSPS) is 10.8. The second-order valence-corrected chi connectivity index (χ2v) is 6.01. The molecule has 3 rings (SSSR count). The number of hydrogen-bond acceptors (Lipinski definition) is 7. The van der Waals surface area contributed by atoms with Crippen LogP contribution in [0.5, 0.6) is 5.75 Å². The number of nitrogens with zero attached hydrogens (tertiary/aromatic N) is 5. The second-order valence-electron chi connectivity index (χ2n) is 5.06. The third-order valence-corrected chi connectivity index (χ3v) is 4.21. The lowest BCUT2D eigenvalue weighted by Gasteiger charge is -2.03. The van der Waals surface area contributed by atoms with E-state index in [0.717, 1.165) is 17.0 Å². The van der Waals surface area contributed by atoms with Crippen molar-refractivity contribution in [3.05, 3.63) is 60.2 Å². The van der Waals surface area contributed by atoms with Gasteiger partial charge in [-0.05, 0) is 52.4 Å². The van der Waals surface area contributed by atoms with Gasteiger partial charge in [0, 0.05) is 0 Å². The molecular formula is C17H16N6O2S. The average molecular weight is 368 g/mol. The molecule has 3 aromatic rings. The first-order chi connectivity index (χ1) is 12.8. The van der Waals surface area contributed by atoms with Crippen molar-refractivity contribution in [3.63, 3.8) is 0 Å². The first-order valence-corrected chi connectivity index (χ1v) is 8.67. The van der Waals surface area contributed by atoms with Crippen LogP contribution in [0.3, 0.4) is 0 Å². The highest BCUT2D eigenvalue weighted by Gasteiger charge is 2.10. The van der Waals surface area contributed by atoms with Gasteiger partial charge >= 0.3 is 0 Å². The summed E-state index contributed by atoms with van der Waals surface area (Å²) in [7, 11) is 1.61. The number of methoxy groups -OCH3 is 1. The fraction of sp³-hybridized carbons (Fsp3) is 0.118. The number of aromatic nitrogens is 4. The van der Waals surface area contributed by atoms with Gasteiger partial charge in [-0.2, -0.15) is 9.78 Å². The van der Waals surface area contributed by atoms with E-state index in [4.69, 9.17) is 4.74 Å². The molecule has 9 heteroatoms. The molecule has 0 saturated carbocycles. The molecule has 26 heavy (non-hydrogen) atoms. The average Bonchev–Trinajstić information content (AvgIpc) is 3.16. The van der Waals surface area contributed by atoms with Crippen LogP contribution in [-0.4, -0.2) is 45.2 Å². The molecule has 0 fully saturated rings. The van der Waals surface area contributed by atoms with Crippen LogP contribution in [0.4, 0.5) is 0 Å². The highest BCUT2D eigenvalue weighted by molar-refractivity contribution is 7.99. The third-order valence-electron chi connectivity index (χ3n) is 3.29. The van der Waals surface area contributed by atoms with Crippen LogP contribution in [-0.2, 0) is 4.79 Å². The largest absolute Gasteiger partial charge is 0.497 e. The maximum absolute atomic E-state index is 11.9. The number of hydrogen-bond donors (Lipinski definition) is 1. The van der Waals surface area contributed by atoms with Crippen LogP contribution >= 0.6 is 11.8 Å². The summed E-state index contributed by atoms with van der Waals surface area (Å²) in [4.78, 5) is 11.9. The Balaban J connectivity index is 1.52. The minimum Gasteiger partial charge on any atom is -0.497 e. The molecule has 8 nitrogen and oxygen atoms in total. The SMILES string of the molecule is COc1ccc(C=NNC(=O)CSc2nnnn2-c2ccccc2)cc1. The number of carbonyl (C=O) groups is 1. The van der Waals surface area contributed by atoms with E-state index in [-0.39, 0.29) is 11.7 Å². The molecule has 0 unspecified atom stereocenters. The molecule has 0 saturated heterocycles. The molecule has 1 aromatic heterocycles. The van der Waals surface area contributed by atoms with Crippen molar-refractivity contribution in [2.24, 2.45) is 5.10 Å². The third kappa shape index (κ3) is 4.67. The van der Waals surface area contributed by atoms with E-state index in [1.54, 1.807) is 18.0 Å². The topological polar surface area (TPSA) is 94.3 Å². The van der Waals surface area contributed by atoms with Gasteiger partial charge in [-0.3, -0.25) is 4.79 Å². The van der Waals surface area contributed by atoms with E-state index >= 15 is 0 Å². The summed E-state index contributed by atoms with van der Waals surface area (Å²) in [6, 6.07) is 16.8. The molecule has 1 heterocycles. The van der Waals surface area contributed by atoms with Gasteiger partial charge < -0.3 is 4.74 Å². The number of rotatable bonds is 7. The van der Waals surface area contributed by atoms with Crippen molar-refractivity contribution in [2.75, 3.05) is 12.9 Å². The maximum Gasteiger partial charge on any atom is 0.250 e. The lowest BCUT2D eigenvalue weighted by Crippen LogP contribution is -2.20. The fourth-order valence-electron chi connectivity index (χ4n) is 2.03. The summed E-state index contributed by atoms with van der Waals surface area (Å²) < 4.78 is 6.67. The van der Waals surface area contributed by atoms with E-state index in [9.17, 15) is 4.79 Å². The monoisotopic (exact) mass is 368 g/mol. The second kappa shape index (κ2) is 8.77. The number of ether oxygens (including phenoxy) is 1. The summed E-state index contributed by atoms with van der Waals surface area (Å²) in [6.07, 6.45) is 1.57. The van der Waals surface area contributed by atoms with Gasteiger partial charge in [0.05, 0.1) is 24.8 Å². The number of amides is 1. The summed E-state index contributed by atoms with van der Waals surface area (Å²) in [5.41, 5.74) is 4.17. The number of thioether (sulfide) groups is 1. The summed E-state index contributed by atoms with van der Waals surface area (Å²) in [5, 5.41) is 16.0. The van der Waals surface area contributed by atoms with Crippen molar-refractivity contribution < 1.29 is 9.53 Å². The molecule has 1 amide bonds. The van der Waals surface area contributed by atoms with Crippen LogP contribution in [0, 0.1) is 0 Å². The Kier molecular flexibility index (Phi) is 5.94. The van der Waals surface area contributed by atoms with Crippen molar-refractivity contribution in [3.8, 4) is 11.4 Å². The van der Waals surface area contributed by atoms with Gasteiger partial charge in [0.1, 0.15) is 5.75 Å². The zero-order valence-electron chi connectivity index (χ0n) is 13.9. The van der Waals surface area contributed by atoms with Gasteiger partial charge in [0.15, 0.2) is 0 Å². The first-order valence-electron chi connectivity index (χ1n) is 7.69. The minimum absolute atomic E-state index is 0.146. The van der Waals surface area contributed by atoms with Gasteiger partial charge in [-0.1, -0.05) is 30.0 Å². The molecule has 0 aliphatic heterocycles. The quantitative estimate of drug-likeness (QED) is 0.389. The molecule has 0 aliphatic rings. The fourth-order valence-corrected chi connectivity index (χ4v) is 2.71. The van der Waals surface area contributed by atoms with Crippen LogP contribution in [0.25, 0.3) is 5.69 Å². The predicted octanol–water partition coefficient (Wildman–Crippen LogP) is 1.91. The highest BCUT2D eigenvalue weighted by atomic mass is 32.2. The maximum atomic E-state index is 11.9. The molecule has 1 N–H and O–H groups in total. The van der Waals surface area contributed by atoms with Gasteiger partial charge in [0.2, 0.25) is 5.16 Å². The number of benzene rings is 2. The van der Waals surface area contributed by atoms with Crippen molar-refractivity contribution >= 4 is 23.9 Å². The number of carbonyl (C=O) groups excluding carboxylic acids is 1. The molecule has 2 aromatic carbocycles. The van der Waals surface area contributed by atoms with E-state index in [2.05, 4.69) is 26.1 Å². The summed E-state index contributed by atoms with van der Waals surface area (Å²) in [5.74, 6) is 0.661. The van der Waals surface area contributed by atoms with Gasteiger partial charge in [-0.15, -0.1) is 5.10 Å². The molecule has 0 spiro atoms. The lowest BCUT2D eigenvalue weighted by molar-refractivity contribution is -0.118. The Bertz CT molecular complexity index is 880. The summed E-state index contributed by atoms with van der Waals surface area (Å²) >= 11 is 1.23. The Morgan fingerprint density at radius 1 is 1.23 bits per heavy atom. The van der Waals surface area contributed by atoms with E-state index in [0.29, 0.717) is 5.16 Å². The van der Waals surface area contributed by atoms with Crippen LogP contribution in [0.2, 0.25) is 0 Å². The van der Waals surface area contributed by atoms with Crippen LogP contribution in [0.15, 0.2) is 64.9 Å². The van der Waals surface area contributed by atoms with Crippen LogP contribution in [0.1, 0.15) is 5.56 Å². The van der Waals surface area contributed by atoms with E-state index in [1.807, 2.05) is 54.6 Å². The number of para-hydroxylation sites is 1. The van der Waals surface area contributed by atoms with Gasteiger partial charge in [-0.25, -0.2) is 5.43 Å². The van der Waals surface area contributed by atoms with Crippen molar-refractivity contribution in [1.29, 1.82) is 0 Å². The Hall–Kier alpha value is -3.20. The zero-order chi connectivity index (χ0) is 18.2. The number of tetrazole rings is 1. The molecule has 132 valence electrons. The van der Waals surface area contributed by atoms with E-state index < -0.39 is 0 Å². The lowest BCUT2D eigenvalue weighted by atomic mass is 10.2. The van der Waals surface area contributed by atoms with E-state index in [1.165, 1.54) is 11.8 Å². The van der Waals surface area contributed by atoms with Crippen LogP contribution < -0.4 is 10.2 Å². The Morgan fingerprint density at radius 2 is 2.00 bits per heavy atom. The molecular weight excluding hydrogens is 352 g/mol. The standard InChI is InChI=1S/C17H16N6O2S/c1-25-15-9-7-13(8-10-15)11-18-19-16(24)12-26-17-20-21-22-23(17)14-5-3-2-4-6-14/h2-11H,12H2,1H3,(H,19,24). The first kappa shape index (κ1) is 17.6. The molecule has 0 aliphatic carbocycles. The molecule has 0 atom stereocenters. The molecule has 0 radical (unpaired) electrons. The Labute approximate surface area is 154 Å². The minimum atomic E-state index is -0.248. The summed E-state index contributed by atoms with van der Waals surface area (Å²) in [6.45, 7) is 0. The Morgan fingerprint density at radius 3 is 2.73 bits per heavy atom. The smallest absolute Gasteiger partial charge is 0.250 e. The number of hydrazone groups is 1. The van der Waals surface area contributed by atoms with Crippen molar-refractivity contribution in [1.82, 2.24) is 25.6 Å². The van der Waals surface area contributed by atoms with Gasteiger partial charge in [0.25, 0.3) is 5.91 Å². The highest BCUT2D eigenvalue weighted by Crippen LogP contribution is 2.17. The predicted molar refractivity (Wildman–Crippen MR) is 98.6 cm³/mol. The van der Waals surface area contributed by atoms with Crippen molar-refractivity contribution in [2.45, 2.75) is 5.16 Å². The number of nitrogens with one attached hydrogen (secondary N) is 1. The molecule has 0 bridgehead atoms. The zero-order valence-corrected chi connectivity index (χ0v) is 14.8.